The average molecular weight is 241 g/mol. The molecule has 0 saturated carbocycles. The van der Waals surface area contributed by atoms with E-state index in [1.165, 1.54) is 0 Å². The molecule has 3 nitrogen and oxygen atoms in total. The molecule has 0 aliphatic heterocycles. The lowest BCUT2D eigenvalue weighted by molar-refractivity contribution is 0.474. The van der Waals surface area contributed by atoms with Gasteiger partial charge in [-0.05, 0) is 24.3 Å². The Labute approximate surface area is 109 Å². The van der Waals surface area contributed by atoms with E-state index >= 15 is 0 Å². The summed E-state index contributed by atoms with van der Waals surface area (Å²) in [7, 11) is 0. The molecule has 1 N–H and O–H groups in total. The molecule has 2 aromatic carbocycles. The molecule has 0 aliphatic carbocycles. The van der Waals surface area contributed by atoms with E-state index in [1.54, 1.807) is 18.2 Å². The summed E-state index contributed by atoms with van der Waals surface area (Å²) in [6, 6.07) is 14.5. The lowest BCUT2D eigenvalue weighted by Crippen LogP contribution is -1.77. The third kappa shape index (κ3) is 2.05. The van der Waals surface area contributed by atoms with Crippen molar-refractivity contribution in [3.05, 3.63) is 48.5 Å². The Morgan fingerprint density at radius 1 is 0.941 bits per heavy atom. The van der Waals surface area contributed by atoms with E-state index in [0.717, 1.165) is 11.1 Å². The van der Waals surface area contributed by atoms with Crippen molar-refractivity contribution >= 4 is 28.5 Å². The molecule has 0 aliphatic rings. The van der Waals surface area contributed by atoms with Crippen LogP contribution in [0.3, 0.4) is 0 Å². The highest BCUT2D eigenvalue weighted by molar-refractivity contribution is 5.77. The van der Waals surface area contributed by atoms with Crippen LogP contribution in [0, 0.1) is 0 Å². The lowest BCUT2D eigenvalue weighted by Gasteiger charge is -1.97. The largest absolute Gasteiger partial charge is 0.507 e. The summed E-state index contributed by atoms with van der Waals surface area (Å²) in [6.07, 6.45) is 0. The molecule has 17 heavy (non-hydrogen) atoms. The number of hydrogen-bond acceptors (Lipinski definition) is 3. The highest BCUT2D eigenvalue weighted by Crippen LogP contribution is 2.30. The number of nitrogens with zero attached hydrogens (tertiary/aromatic N) is 1. The second-order valence-electron chi connectivity index (χ2n) is 3.50. The van der Waals surface area contributed by atoms with Crippen LogP contribution in [0.15, 0.2) is 52.9 Å². The first kappa shape index (κ1) is 11.7. The smallest absolute Gasteiger partial charge is 0.231 e. The van der Waals surface area contributed by atoms with Crippen molar-refractivity contribution in [1.82, 2.24) is 4.98 Å². The summed E-state index contributed by atoms with van der Waals surface area (Å²) >= 11 is 0. The van der Waals surface area contributed by atoms with Crippen LogP contribution < -0.4 is 0 Å². The molecule has 0 atom stereocenters. The van der Waals surface area contributed by atoms with E-state index in [1.807, 2.05) is 30.3 Å². The second kappa shape index (κ2) is 4.62. The molecule has 0 radical (unpaired) electrons. The quantitative estimate of drug-likeness (QED) is 0.663. The summed E-state index contributed by atoms with van der Waals surface area (Å²) in [6.45, 7) is 0. The topological polar surface area (TPSA) is 46.3 Å². The summed E-state index contributed by atoms with van der Waals surface area (Å²) in [5.41, 5.74) is 2.13. The number of phenolic OH excluding ortho intramolecular Hbond substituents is 1. The zero-order valence-electron chi connectivity index (χ0n) is 8.42. The number of fused-ring (bicyclic) bond motifs is 1. The fourth-order valence-electron chi connectivity index (χ4n) is 1.64. The van der Waals surface area contributed by atoms with E-state index < -0.39 is 0 Å². The van der Waals surface area contributed by atoms with Crippen LogP contribution >= 0.6 is 0 Å². The van der Waals surface area contributed by atoms with Gasteiger partial charge < -0.3 is 9.52 Å². The van der Waals surface area contributed by atoms with Gasteiger partial charge in [0.15, 0.2) is 22.9 Å². The zero-order chi connectivity index (χ0) is 11.0. The fourth-order valence-corrected chi connectivity index (χ4v) is 1.64. The first-order chi connectivity index (χ1) is 7.84. The van der Waals surface area contributed by atoms with E-state index in [0.29, 0.717) is 11.5 Å². The van der Waals surface area contributed by atoms with Crippen LogP contribution in [0.4, 0.5) is 0 Å². The van der Waals surface area contributed by atoms with Gasteiger partial charge in [-0.2, -0.15) is 0 Å². The highest BCUT2D eigenvalue weighted by atomic mass is 27.0. The second-order valence-corrected chi connectivity index (χ2v) is 3.50. The van der Waals surface area contributed by atoms with Crippen LogP contribution in [0.1, 0.15) is 0 Å². The van der Waals surface area contributed by atoms with Crippen LogP contribution in [0.25, 0.3) is 22.6 Å². The van der Waals surface area contributed by atoms with Crippen LogP contribution in [-0.2, 0) is 0 Å². The Morgan fingerprint density at radius 2 is 1.65 bits per heavy atom. The van der Waals surface area contributed by atoms with Gasteiger partial charge in [-0.15, -0.1) is 0 Å². The molecule has 1 heterocycles. The van der Waals surface area contributed by atoms with Gasteiger partial charge in [-0.3, -0.25) is 0 Å². The maximum atomic E-state index is 9.69. The van der Waals surface area contributed by atoms with Gasteiger partial charge in [0.25, 0.3) is 0 Å². The number of phenols is 1. The first-order valence-corrected chi connectivity index (χ1v) is 4.98. The van der Waals surface area contributed by atoms with Crippen molar-refractivity contribution in [3.8, 4) is 17.2 Å². The molecule has 3 aromatic rings. The lowest BCUT2D eigenvalue weighted by atomic mass is 10.2. The van der Waals surface area contributed by atoms with Gasteiger partial charge in [-0.1, -0.05) is 24.3 Å². The van der Waals surface area contributed by atoms with Crippen molar-refractivity contribution in [1.29, 1.82) is 0 Å². The van der Waals surface area contributed by atoms with Gasteiger partial charge in [0.1, 0.15) is 11.3 Å². The van der Waals surface area contributed by atoms with Crippen molar-refractivity contribution in [2.75, 3.05) is 0 Å². The zero-order valence-corrected chi connectivity index (χ0v) is 8.42. The number of benzene rings is 2. The highest BCUT2D eigenvalue weighted by Gasteiger charge is 2.10. The van der Waals surface area contributed by atoms with Gasteiger partial charge in [0.05, 0.1) is 5.56 Å². The van der Waals surface area contributed by atoms with E-state index in [-0.39, 0.29) is 23.1 Å². The predicted octanol–water partition coefficient (Wildman–Crippen LogP) is 2.02. The van der Waals surface area contributed by atoms with Crippen molar-refractivity contribution in [2.45, 2.75) is 0 Å². The maximum Gasteiger partial charge on any atom is 0.231 e. The monoisotopic (exact) mass is 241 g/mol. The molecular formula is C13H12AlNO2. The standard InChI is InChI=1S/C13H9NO2.Al.3H/c15-11-7-3-1-5-9(11)13-14-10-6-2-4-8-12(10)16-13;;;;/h1-8,15H;;;;. The molecular weight excluding hydrogens is 229 g/mol. The van der Waals surface area contributed by atoms with Crippen molar-refractivity contribution in [3.63, 3.8) is 0 Å². The number of aromatic nitrogens is 1. The normalized spacial score (nSPS) is 10.1. The number of hydrogen-bond donors (Lipinski definition) is 1. The van der Waals surface area contributed by atoms with E-state index in [2.05, 4.69) is 4.98 Å². The van der Waals surface area contributed by atoms with Gasteiger partial charge in [0.2, 0.25) is 5.89 Å². The summed E-state index contributed by atoms with van der Waals surface area (Å²) in [4.78, 5) is 4.32. The molecule has 0 fully saturated rings. The average Bonchev–Trinajstić information content (AvgIpc) is 2.73. The Bertz CT molecular complexity index is 615. The molecule has 1 aromatic heterocycles. The van der Waals surface area contributed by atoms with E-state index in [9.17, 15) is 5.11 Å². The fraction of sp³-hybridized carbons (Fsp3) is 0. The molecule has 0 amide bonds. The van der Waals surface area contributed by atoms with Crippen LogP contribution in [0.2, 0.25) is 0 Å². The van der Waals surface area contributed by atoms with Gasteiger partial charge in [0, 0.05) is 0 Å². The van der Waals surface area contributed by atoms with Crippen molar-refractivity contribution in [2.24, 2.45) is 0 Å². The molecule has 0 spiro atoms. The van der Waals surface area contributed by atoms with Crippen LogP contribution in [0.5, 0.6) is 5.75 Å². The Balaban J connectivity index is 0.00000108. The first-order valence-electron chi connectivity index (χ1n) is 4.98. The molecule has 84 valence electrons. The Kier molecular flexibility index (Phi) is 3.19. The number of oxazole rings is 1. The number of aromatic hydroxyl groups is 1. The maximum absolute atomic E-state index is 9.69. The number of para-hydroxylation sites is 3. The Hall–Kier alpha value is -1.76. The minimum atomic E-state index is 0. The third-order valence-corrected chi connectivity index (χ3v) is 2.43. The minimum absolute atomic E-state index is 0. The Morgan fingerprint density at radius 3 is 2.41 bits per heavy atom. The van der Waals surface area contributed by atoms with Gasteiger partial charge in [-0.25, -0.2) is 4.98 Å². The predicted molar refractivity (Wildman–Crippen MR) is 71.0 cm³/mol. The summed E-state index contributed by atoms with van der Waals surface area (Å²) in [5.74, 6) is 0.619. The summed E-state index contributed by atoms with van der Waals surface area (Å²) in [5, 5.41) is 9.69. The molecule has 3 rings (SSSR count). The minimum Gasteiger partial charge on any atom is -0.507 e. The van der Waals surface area contributed by atoms with Crippen molar-refractivity contribution < 1.29 is 9.52 Å². The molecule has 0 bridgehead atoms. The summed E-state index contributed by atoms with van der Waals surface area (Å²) < 4.78 is 5.56. The molecule has 0 unspecified atom stereocenters. The van der Waals surface area contributed by atoms with Gasteiger partial charge >= 0.3 is 0 Å². The van der Waals surface area contributed by atoms with E-state index in [4.69, 9.17) is 4.42 Å². The third-order valence-electron chi connectivity index (χ3n) is 2.43. The molecule has 4 heteroatoms. The SMILES string of the molecule is Oc1ccccc1-c1nc2ccccc2o1.[AlH3]. The number of rotatable bonds is 1. The van der Waals surface area contributed by atoms with Crippen LogP contribution in [-0.4, -0.2) is 27.5 Å². The molecule has 0 saturated heterocycles.